The molecule has 0 saturated carbocycles. The van der Waals surface area contributed by atoms with Gasteiger partial charge in [-0.15, -0.1) is 0 Å². The predicted octanol–water partition coefficient (Wildman–Crippen LogP) is 5.16. The minimum absolute atomic E-state index is 0.153. The van der Waals surface area contributed by atoms with E-state index in [0.717, 1.165) is 15.7 Å². The zero-order valence-electron chi connectivity index (χ0n) is 9.81. The van der Waals surface area contributed by atoms with E-state index >= 15 is 0 Å². The molecule has 0 aromatic heterocycles. The molecule has 2 aromatic rings. The minimum Gasteiger partial charge on any atom is -0.381 e. The molecular weight excluding hydrogens is 317 g/mol. The maximum atomic E-state index is 13.7. The van der Waals surface area contributed by atoms with Crippen molar-refractivity contribution in [2.75, 3.05) is 5.32 Å². The van der Waals surface area contributed by atoms with Crippen LogP contribution in [0.3, 0.4) is 0 Å². The molecule has 4 heteroatoms. The molecule has 0 unspecified atom stereocenters. The Kier molecular flexibility index (Phi) is 4.25. The highest BCUT2D eigenvalue weighted by Gasteiger charge is 2.05. The number of hydrogen-bond acceptors (Lipinski definition) is 1. The van der Waals surface area contributed by atoms with Crippen molar-refractivity contribution in [3.8, 4) is 0 Å². The standard InChI is InChI=1S/C14H12BrClFN/c1-9-5-11(15)7-12(6-9)18-8-10-3-2-4-13(16)14(10)17/h2-7,18H,8H2,1H3. The van der Waals surface area contributed by atoms with E-state index in [1.165, 1.54) is 0 Å². The molecule has 1 nitrogen and oxygen atoms in total. The van der Waals surface area contributed by atoms with Gasteiger partial charge in [-0.1, -0.05) is 39.7 Å². The highest BCUT2D eigenvalue weighted by atomic mass is 79.9. The lowest BCUT2D eigenvalue weighted by molar-refractivity contribution is 0.613. The third-order valence-corrected chi connectivity index (χ3v) is 3.31. The molecule has 94 valence electrons. The van der Waals surface area contributed by atoms with E-state index in [1.54, 1.807) is 18.2 Å². The number of benzene rings is 2. The molecule has 0 amide bonds. The van der Waals surface area contributed by atoms with Crippen LogP contribution in [0.4, 0.5) is 10.1 Å². The molecule has 2 rings (SSSR count). The Balaban J connectivity index is 2.14. The second-order valence-corrected chi connectivity index (χ2v) is 5.41. The number of halogens is 3. The largest absolute Gasteiger partial charge is 0.381 e. The third kappa shape index (κ3) is 3.24. The molecule has 1 N–H and O–H groups in total. The van der Waals surface area contributed by atoms with Gasteiger partial charge in [-0.05, 0) is 36.8 Å². The normalized spacial score (nSPS) is 10.4. The summed E-state index contributed by atoms with van der Waals surface area (Å²) in [5.41, 5.74) is 2.64. The molecule has 0 fully saturated rings. The summed E-state index contributed by atoms with van der Waals surface area (Å²) in [7, 11) is 0. The van der Waals surface area contributed by atoms with Crippen LogP contribution in [0.5, 0.6) is 0 Å². The van der Waals surface area contributed by atoms with Crippen LogP contribution in [-0.2, 0) is 6.54 Å². The Morgan fingerprint density at radius 3 is 2.78 bits per heavy atom. The van der Waals surface area contributed by atoms with Crippen LogP contribution in [-0.4, -0.2) is 0 Å². The first kappa shape index (κ1) is 13.4. The molecule has 0 saturated heterocycles. The van der Waals surface area contributed by atoms with Crippen LogP contribution in [0.25, 0.3) is 0 Å². The molecule has 18 heavy (non-hydrogen) atoms. The monoisotopic (exact) mass is 327 g/mol. The summed E-state index contributed by atoms with van der Waals surface area (Å²) < 4.78 is 14.7. The van der Waals surface area contributed by atoms with Crippen LogP contribution < -0.4 is 5.32 Å². The fraction of sp³-hybridized carbons (Fsp3) is 0.143. The predicted molar refractivity (Wildman–Crippen MR) is 77.6 cm³/mol. The molecule has 0 aliphatic rings. The number of hydrogen-bond donors (Lipinski definition) is 1. The first-order valence-electron chi connectivity index (χ1n) is 5.50. The molecule has 0 bridgehead atoms. The van der Waals surface area contributed by atoms with Crippen LogP contribution in [0, 0.1) is 12.7 Å². The van der Waals surface area contributed by atoms with Crippen molar-refractivity contribution < 1.29 is 4.39 Å². The topological polar surface area (TPSA) is 12.0 Å². The van der Waals surface area contributed by atoms with Crippen molar-refractivity contribution in [2.24, 2.45) is 0 Å². The molecule has 0 radical (unpaired) electrons. The maximum Gasteiger partial charge on any atom is 0.146 e. The lowest BCUT2D eigenvalue weighted by atomic mass is 10.2. The van der Waals surface area contributed by atoms with Gasteiger partial charge in [0.25, 0.3) is 0 Å². The van der Waals surface area contributed by atoms with Gasteiger partial charge in [0.1, 0.15) is 5.82 Å². The van der Waals surface area contributed by atoms with Crippen molar-refractivity contribution in [1.29, 1.82) is 0 Å². The first-order chi connectivity index (χ1) is 8.56. The van der Waals surface area contributed by atoms with Gasteiger partial charge in [-0.3, -0.25) is 0 Å². The summed E-state index contributed by atoms with van der Waals surface area (Å²) in [5.74, 6) is -0.363. The van der Waals surface area contributed by atoms with Gasteiger partial charge in [0, 0.05) is 22.3 Å². The van der Waals surface area contributed by atoms with Gasteiger partial charge < -0.3 is 5.32 Å². The number of rotatable bonds is 3. The minimum atomic E-state index is -0.363. The van der Waals surface area contributed by atoms with Crippen molar-refractivity contribution in [3.05, 3.63) is 62.8 Å². The summed E-state index contributed by atoms with van der Waals surface area (Å²) in [6.45, 7) is 2.41. The van der Waals surface area contributed by atoms with Gasteiger partial charge in [-0.25, -0.2) is 4.39 Å². The van der Waals surface area contributed by atoms with Gasteiger partial charge in [-0.2, -0.15) is 0 Å². The lowest BCUT2D eigenvalue weighted by Crippen LogP contribution is -2.02. The fourth-order valence-corrected chi connectivity index (χ4v) is 2.52. The highest BCUT2D eigenvalue weighted by Crippen LogP contribution is 2.22. The molecule has 0 atom stereocenters. The van der Waals surface area contributed by atoms with E-state index in [-0.39, 0.29) is 10.8 Å². The number of nitrogens with one attached hydrogen (secondary N) is 1. The second kappa shape index (κ2) is 5.72. The average molecular weight is 329 g/mol. The molecule has 0 aliphatic heterocycles. The molecular formula is C14H12BrClFN. The summed E-state index contributed by atoms with van der Waals surface area (Å²) >= 11 is 9.17. The summed E-state index contributed by atoms with van der Waals surface area (Å²) in [4.78, 5) is 0. The van der Waals surface area contributed by atoms with E-state index in [9.17, 15) is 4.39 Å². The van der Waals surface area contributed by atoms with Crippen molar-refractivity contribution in [2.45, 2.75) is 13.5 Å². The Morgan fingerprint density at radius 1 is 1.28 bits per heavy atom. The number of anilines is 1. The molecule has 0 spiro atoms. The Labute approximate surface area is 119 Å². The molecule has 2 aromatic carbocycles. The van der Waals surface area contributed by atoms with Gasteiger partial charge >= 0.3 is 0 Å². The van der Waals surface area contributed by atoms with Gasteiger partial charge in [0.05, 0.1) is 5.02 Å². The van der Waals surface area contributed by atoms with Crippen LogP contribution >= 0.6 is 27.5 Å². The Morgan fingerprint density at radius 2 is 2.06 bits per heavy atom. The van der Waals surface area contributed by atoms with Crippen LogP contribution in [0.1, 0.15) is 11.1 Å². The van der Waals surface area contributed by atoms with E-state index < -0.39 is 0 Å². The third-order valence-electron chi connectivity index (χ3n) is 2.56. The second-order valence-electron chi connectivity index (χ2n) is 4.08. The molecule has 0 heterocycles. The zero-order chi connectivity index (χ0) is 13.1. The maximum absolute atomic E-state index is 13.7. The van der Waals surface area contributed by atoms with E-state index in [1.807, 2.05) is 25.1 Å². The van der Waals surface area contributed by atoms with Crippen LogP contribution in [0.2, 0.25) is 5.02 Å². The lowest BCUT2D eigenvalue weighted by Gasteiger charge is -2.09. The summed E-state index contributed by atoms with van der Waals surface area (Å²) in [5, 5.41) is 3.33. The quantitative estimate of drug-likeness (QED) is 0.820. The SMILES string of the molecule is Cc1cc(Br)cc(NCc2cccc(Cl)c2F)c1. The average Bonchev–Trinajstić information content (AvgIpc) is 2.30. The Hall–Kier alpha value is -1.06. The Bertz CT molecular complexity index is 551. The highest BCUT2D eigenvalue weighted by molar-refractivity contribution is 9.10. The van der Waals surface area contributed by atoms with E-state index in [2.05, 4.69) is 21.2 Å². The van der Waals surface area contributed by atoms with E-state index in [4.69, 9.17) is 11.6 Å². The molecule has 0 aliphatic carbocycles. The van der Waals surface area contributed by atoms with Gasteiger partial charge in [0.2, 0.25) is 0 Å². The van der Waals surface area contributed by atoms with Crippen molar-refractivity contribution >= 4 is 33.2 Å². The first-order valence-corrected chi connectivity index (χ1v) is 6.67. The number of aryl methyl sites for hydroxylation is 1. The summed E-state index contributed by atoms with van der Waals surface area (Å²) in [6, 6.07) is 11.0. The van der Waals surface area contributed by atoms with Gasteiger partial charge in [0.15, 0.2) is 0 Å². The zero-order valence-corrected chi connectivity index (χ0v) is 12.1. The van der Waals surface area contributed by atoms with E-state index in [0.29, 0.717) is 12.1 Å². The van der Waals surface area contributed by atoms with Crippen LogP contribution in [0.15, 0.2) is 40.9 Å². The van der Waals surface area contributed by atoms with Crippen molar-refractivity contribution in [3.63, 3.8) is 0 Å². The smallest absolute Gasteiger partial charge is 0.146 e. The fourth-order valence-electron chi connectivity index (χ4n) is 1.72. The summed E-state index contributed by atoms with van der Waals surface area (Å²) in [6.07, 6.45) is 0. The van der Waals surface area contributed by atoms with Crippen molar-refractivity contribution in [1.82, 2.24) is 0 Å².